The summed E-state index contributed by atoms with van der Waals surface area (Å²) in [5.74, 6) is 0.739. The largest absolute Gasteiger partial charge is 0.309 e. The molecule has 0 aliphatic rings. The maximum Gasteiger partial charge on any atom is 0.0590 e. The second-order valence-corrected chi connectivity index (χ2v) is 6.14. The zero-order chi connectivity index (χ0) is 12.8. The molecule has 0 bridgehead atoms. The van der Waals surface area contributed by atoms with Gasteiger partial charge in [-0.2, -0.15) is 0 Å². The molecule has 1 aromatic rings. The molecule has 0 aromatic carbocycles. The molecular formula is C14H24ClNS. The first kappa shape index (κ1) is 15.0. The van der Waals surface area contributed by atoms with Gasteiger partial charge in [-0.25, -0.2) is 0 Å². The normalized spacial score (nSPS) is 14.9. The molecule has 3 heteroatoms. The Balaban J connectivity index is 2.78. The molecule has 1 N–H and O–H groups in total. The molecule has 0 aliphatic carbocycles. The van der Waals surface area contributed by atoms with Crippen LogP contribution in [-0.4, -0.2) is 6.54 Å². The van der Waals surface area contributed by atoms with E-state index in [9.17, 15) is 0 Å². The average molecular weight is 274 g/mol. The smallest absolute Gasteiger partial charge is 0.0590 e. The molecule has 2 unspecified atom stereocenters. The fourth-order valence-corrected chi connectivity index (χ4v) is 3.27. The van der Waals surface area contributed by atoms with E-state index in [1.54, 1.807) is 11.3 Å². The maximum absolute atomic E-state index is 6.38. The van der Waals surface area contributed by atoms with Gasteiger partial charge >= 0.3 is 0 Å². The lowest BCUT2D eigenvalue weighted by Crippen LogP contribution is -2.23. The molecule has 1 nitrogen and oxygen atoms in total. The van der Waals surface area contributed by atoms with Crippen molar-refractivity contribution in [2.24, 2.45) is 5.92 Å². The second kappa shape index (κ2) is 7.40. The van der Waals surface area contributed by atoms with Crippen molar-refractivity contribution in [1.82, 2.24) is 5.32 Å². The van der Waals surface area contributed by atoms with Crippen molar-refractivity contribution in [3.05, 3.63) is 20.8 Å². The highest BCUT2D eigenvalue weighted by Gasteiger charge is 2.19. The van der Waals surface area contributed by atoms with Crippen molar-refractivity contribution in [3.63, 3.8) is 0 Å². The lowest BCUT2D eigenvalue weighted by Gasteiger charge is -2.21. The fourth-order valence-electron chi connectivity index (χ4n) is 1.86. The van der Waals surface area contributed by atoms with Crippen molar-refractivity contribution < 1.29 is 0 Å². The van der Waals surface area contributed by atoms with Gasteiger partial charge in [0.2, 0.25) is 0 Å². The van der Waals surface area contributed by atoms with Gasteiger partial charge < -0.3 is 5.32 Å². The van der Waals surface area contributed by atoms with Crippen LogP contribution in [0.2, 0.25) is 5.02 Å². The topological polar surface area (TPSA) is 12.0 Å². The van der Waals surface area contributed by atoms with Gasteiger partial charge in [-0.05, 0) is 43.2 Å². The molecule has 17 heavy (non-hydrogen) atoms. The van der Waals surface area contributed by atoms with E-state index < -0.39 is 0 Å². The molecule has 0 fully saturated rings. The van der Waals surface area contributed by atoms with Crippen LogP contribution in [0.15, 0.2) is 5.38 Å². The minimum atomic E-state index is 0.427. The predicted octanol–water partition coefficient (Wildman–Crippen LogP) is 5.19. The summed E-state index contributed by atoms with van der Waals surface area (Å²) in [5, 5.41) is 6.76. The minimum Gasteiger partial charge on any atom is -0.309 e. The molecule has 0 spiro atoms. The van der Waals surface area contributed by atoms with Crippen LogP contribution < -0.4 is 5.32 Å². The van der Waals surface area contributed by atoms with E-state index in [1.165, 1.54) is 29.7 Å². The summed E-state index contributed by atoms with van der Waals surface area (Å²) < 4.78 is 0. The quantitative estimate of drug-likeness (QED) is 0.721. The third kappa shape index (κ3) is 4.27. The van der Waals surface area contributed by atoms with Crippen LogP contribution in [-0.2, 0) is 0 Å². The van der Waals surface area contributed by atoms with E-state index in [1.807, 2.05) is 0 Å². The number of hydrogen-bond donors (Lipinski definition) is 1. The van der Waals surface area contributed by atoms with E-state index >= 15 is 0 Å². The number of rotatable bonds is 7. The molecule has 0 aliphatic heterocycles. The Morgan fingerprint density at radius 3 is 2.59 bits per heavy atom. The Morgan fingerprint density at radius 2 is 2.12 bits per heavy atom. The summed E-state index contributed by atoms with van der Waals surface area (Å²) in [4.78, 5) is 1.32. The summed E-state index contributed by atoms with van der Waals surface area (Å²) >= 11 is 8.17. The van der Waals surface area contributed by atoms with Crippen LogP contribution in [0.3, 0.4) is 0 Å². The zero-order valence-electron chi connectivity index (χ0n) is 11.3. The van der Waals surface area contributed by atoms with Crippen molar-refractivity contribution >= 4 is 22.9 Å². The van der Waals surface area contributed by atoms with Crippen LogP contribution in [0.5, 0.6) is 0 Å². The van der Waals surface area contributed by atoms with E-state index in [0.717, 1.165) is 17.5 Å². The van der Waals surface area contributed by atoms with Gasteiger partial charge in [-0.3, -0.25) is 0 Å². The molecule has 0 saturated carbocycles. The number of thiophene rings is 1. The number of hydrogen-bond acceptors (Lipinski definition) is 2. The van der Waals surface area contributed by atoms with Gasteiger partial charge in [0.1, 0.15) is 0 Å². The molecule has 0 saturated heterocycles. The van der Waals surface area contributed by atoms with Crippen LogP contribution >= 0.6 is 22.9 Å². The molecular weight excluding hydrogens is 250 g/mol. The predicted molar refractivity (Wildman–Crippen MR) is 79.2 cm³/mol. The maximum atomic E-state index is 6.38. The summed E-state index contributed by atoms with van der Waals surface area (Å²) in [6.45, 7) is 9.92. The minimum absolute atomic E-state index is 0.427. The summed E-state index contributed by atoms with van der Waals surface area (Å²) in [5.41, 5.74) is 1.21. The summed E-state index contributed by atoms with van der Waals surface area (Å²) in [7, 11) is 0. The van der Waals surface area contributed by atoms with Crippen molar-refractivity contribution in [3.8, 4) is 0 Å². The molecule has 2 atom stereocenters. The SMILES string of the molecule is CCCNC(CC(C)CC)c1scc(C)c1Cl. The highest BCUT2D eigenvalue weighted by Crippen LogP contribution is 2.35. The molecule has 0 radical (unpaired) electrons. The first-order valence-corrected chi connectivity index (χ1v) is 7.82. The first-order chi connectivity index (χ1) is 8.10. The number of halogens is 1. The third-order valence-electron chi connectivity index (χ3n) is 3.22. The van der Waals surface area contributed by atoms with Gasteiger partial charge in [-0.15, -0.1) is 11.3 Å². The average Bonchev–Trinajstić information content (AvgIpc) is 2.65. The summed E-state index contributed by atoms with van der Waals surface area (Å²) in [6, 6.07) is 0.427. The highest BCUT2D eigenvalue weighted by molar-refractivity contribution is 7.10. The molecule has 0 amide bonds. The van der Waals surface area contributed by atoms with Crippen LogP contribution in [0, 0.1) is 12.8 Å². The lowest BCUT2D eigenvalue weighted by atomic mass is 9.98. The monoisotopic (exact) mass is 273 g/mol. The number of aryl methyl sites for hydroxylation is 1. The Bertz CT molecular complexity index is 335. The standard InChI is InChI=1S/C14H24ClNS/c1-5-7-16-12(8-10(3)6-2)14-13(15)11(4)9-17-14/h9-10,12,16H,5-8H2,1-4H3. The highest BCUT2D eigenvalue weighted by atomic mass is 35.5. The fraction of sp³-hybridized carbons (Fsp3) is 0.714. The van der Waals surface area contributed by atoms with Crippen LogP contribution in [0.1, 0.15) is 56.5 Å². The molecule has 98 valence electrons. The Labute approximate surface area is 115 Å². The van der Waals surface area contributed by atoms with Gasteiger partial charge in [0, 0.05) is 10.9 Å². The van der Waals surface area contributed by atoms with Crippen molar-refractivity contribution in [2.75, 3.05) is 6.54 Å². The van der Waals surface area contributed by atoms with E-state index in [2.05, 4.69) is 38.4 Å². The van der Waals surface area contributed by atoms with E-state index in [0.29, 0.717) is 6.04 Å². The Kier molecular flexibility index (Phi) is 6.53. The summed E-state index contributed by atoms with van der Waals surface area (Å²) in [6.07, 6.45) is 3.57. The zero-order valence-corrected chi connectivity index (χ0v) is 12.9. The van der Waals surface area contributed by atoms with Gasteiger partial charge in [0.05, 0.1) is 5.02 Å². The van der Waals surface area contributed by atoms with E-state index in [4.69, 9.17) is 11.6 Å². The van der Waals surface area contributed by atoms with Gasteiger partial charge in [-0.1, -0.05) is 38.8 Å². The number of nitrogens with one attached hydrogen (secondary N) is 1. The Morgan fingerprint density at radius 1 is 1.41 bits per heavy atom. The second-order valence-electron chi connectivity index (χ2n) is 4.85. The third-order valence-corrected chi connectivity index (χ3v) is 5.05. The van der Waals surface area contributed by atoms with Gasteiger partial charge in [0.15, 0.2) is 0 Å². The molecule has 1 aromatic heterocycles. The van der Waals surface area contributed by atoms with Crippen molar-refractivity contribution in [2.45, 2.75) is 53.0 Å². The van der Waals surface area contributed by atoms with Crippen LogP contribution in [0.4, 0.5) is 0 Å². The molecule has 1 heterocycles. The first-order valence-electron chi connectivity index (χ1n) is 6.56. The molecule has 1 rings (SSSR count). The van der Waals surface area contributed by atoms with Crippen molar-refractivity contribution in [1.29, 1.82) is 0 Å². The van der Waals surface area contributed by atoms with Crippen LogP contribution in [0.25, 0.3) is 0 Å². The Hall–Kier alpha value is -0.0500. The van der Waals surface area contributed by atoms with Gasteiger partial charge in [0.25, 0.3) is 0 Å². The van der Waals surface area contributed by atoms with E-state index in [-0.39, 0.29) is 0 Å². The lowest BCUT2D eigenvalue weighted by molar-refractivity contribution is 0.406.